The molecule has 132 heavy (non-hydrogen) atoms. The second kappa shape index (κ2) is 79.2. The van der Waals surface area contributed by atoms with Gasteiger partial charge in [-0.15, -0.1) is 0 Å². The molecule has 0 aliphatic rings. The summed E-state index contributed by atoms with van der Waals surface area (Å²) in [6, 6.07) is 0. The van der Waals surface area contributed by atoms with Crippen LogP contribution >= 0.6 is 0 Å². The van der Waals surface area contributed by atoms with Crippen molar-refractivity contribution in [3.8, 4) is 0 Å². The Morgan fingerprint density at radius 2 is 0.174 bits per heavy atom. The molecule has 0 aliphatic carbocycles. The van der Waals surface area contributed by atoms with Gasteiger partial charge >= 0.3 is 67.9 Å². The third-order valence-corrected chi connectivity index (χ3v) is 14.0. The Kier molecular flexibility index (Phi) is 89.7. The van der Waals surface area contributed by atoms with E-state index in [-0.39, 0.29) is 131 Å². The molecule has 0 aromatic rings. The number of carbonyl (C=O) groups excluding carboxylic acids is 20. The van der Waals surface area contributed by atoms with Crippen LogP contribution in [-0.2, 0) is 112 Å². The third kappa shape index (κ3) is 60.3. The first-order valence-electron chi connectivity index (χ1n) is 33.0. The summed E-state index contributed by atoms with van der Waals surface area (Å²) >= 11 is 0. The average molecular weight is 2030 g/mol. The van der Waals surface area contributed by atoms with Crippen molar-refractivity contribution in [2.24, 2.45) is 0 Å². The first-order chi connectivity index (χ1) is 59.1. The summed E-state index contributed by atoms with van der Waals surface area (Å²) in [4.78, 5) is 198. The molecule has 40 atom stereocenters. The number of aliphatic hydroxyl groups excluding tert-OH is 40. The van der Waals surface area contributed by atoms with Crippen molar-refractivity contribution in [3.05, 3.63) is 0 Å². The van der Waals surface area contributed by atoms with Crippen LogP contribution in [0.25, 0.3) is 0 Å². The molecule has 0 aromatic carbocycles. The van der Waals surface area contributed by atoms with Crippen LogP contribution in [0.5, 0.6) is 0 Å². The molecular formula is C60H90KNiO70-7. The van der Waals surface area contributed by atoms with E-state index in [2.05, 4.69) is 0 Å². The van der Waals surface area contributed by atoms with Gasteiger partial charge in [-0.05, 0) is 0 Å². The molecule has 0 aromatic heterocycles. The molecule has 72 heteroatoms. The molecule has 40 N–H and O–H groups in total. The van der Waals surface area contributed by atoms with Crippen molar-refractivity contribution >= 4 is 123 Å². The Morgan fingerprint density at radius 1 is 0.129 bits per heavy atom. The molecule has 0 amide bonds. The van der Waals surface area contributed by atoms with Crippen molar-refractivity contribution < 1.29 is 419 Å². The van der Waals surface area contributed by atoms with E-state index in [1.807, 2.05) is 0 Å². The van der Waals surface area contributed by atoms with E-state index in [0.717, 1.165) is 0 Å². The predicted octanol–water partition coefficient (Wildman–Crippen LogP) is -49.2. The molecule has 0 bridgehead atoms. The van der Waals surface area contributed by atoms with Crippen molar-refractivity contribution in [1.82, 2.24) is 0 Å². The van der Waals surface area contributed by atoms with Crippen molar-refractivity contribution in [1.29, 1.82) is 0 Å². The van der Waals surface area contributed by atoms with Crippen LogP contribution in [0.1, 0.15) is 0 Å². The third-order valence-electron chi connectivity index (χ3n) is 14.0. The molecule has 70 nitrogen and oxygen atoms in total. The Bertz CT molecular complexity index is 2630. The molecule has 0 fully saturated rings. The van der Waals surface area contributed by atoms with Gasteiger partial charge in [-0.25, -0.2) is 0 Å². The van der Waals surface area contributed by atoms with E-state index < -0.39 is 304 Å². The fourth-order valence-electron chi connectivity index (χ4n) is 6.09. The van der Waals surface area contributed by atoms with Crippen molar-refractivity contribution in [2.75, 3.05) is 0 Å². The SMILES string of the molecule is O=C[C@H](O)[C@@H](O)[C@@H](O)[C@H](O)C(=O)[O-].O=C[C@H](O)[C@@H](O)[C@@H](O)[C@H](O)C(=O)[O-].O=C[C@H](O)[C@@H](O)[C@@H](O)[C@H](O)C(=O)[O-].O=C[C@H](O)[C@@H](O)[C@@H](O)[C@H](O)C(=O)[O-].O=C[C@H](O)[C@@H](O)[C@@H](O)[C@H](O)C(=O)[O-].O=C[C@H](O)[C@@H](O)[C@@H](O)[C@H](O)C(=O)[O-].O=C[C@H](O)[C@@H](O)[C@@H](O)[C@H](O)C(=O)[O-].O=C[C@H](O)[C@@H](O)[C@@H](O)[C@H](O)C(=O)[O-].O=C[C@H](O)[C@@H](O)[C@@H](O)[C@H](O)C(=O)[O-].O=C[C@H](O)[C@@H](O)[C@@H](O)[C@H](O)C(=O)[O-].[K+].[Ni+2]. The van der Waals surface area contributed by atoms with Gasteiger partial charge < -0.3 is 351 Å². The molecule has 0 radical (unpaired) electrons. The molecule has 0 rings (SSSR count). The van der Waals surface area contributed by atoms with Gasteiger partial charge in [0.25, 0.3) is 0 Å². The standard InChI is InChI=1S/10C6H10O7.K.Ni/c10*7-1-2(8)3(9)4(10)5(11)6(12)13;;/h10*1-5,8-11H,(H,12,13);;/q;;;;;;;;;;+1;+2/p-10/t10*2-,3+,4+,5-;;/m0000000000../s1. The van der Waals surface area contributed by atoms with E-state index in [4.69, 9.17) is 204 Å². The molecule has 768 valence electrons. The van der Waals surface area contributed by atoms with Crippen LogP contribution in [0.15, 0.2) is 0 Å². The summed E-state index contributed by atoms with van der Waals surface area (Å²) in [5.41, 5.74) is 0. The van der Waals surface area contributed by atoms with Crippen LogP contribution in [-0.4, -0.2) is 571 Å². The van der Waals surface area contributed by atoms with Gasteiger partial charge in [-0.3, -0.25) is 0 Å². The number of aliphatic carboxylic acids is 10. The monoisotopic (exact) mass is 2030 g/mol. The molecular weight excluding hydrogens is 1940 g/mol. The smallest absolute Gasteiger partial charge is 0.547 e. The summed E-state index contributed by atoms with van der Waals surface area (Å²) in [6.45, 7) is 0. The van der Waals surface area contributed by atoms with Crippen LogP contribution in [0.2, 0.25) is 0 Å². The number of rotatable bonds is 50. The summed E-state index contributed by atoms with van der Waals surface area (Å²) < 4.78 is 0. The van der Waals surface area contributed by atoms with E-state index in [9.17, 15) is 147 Å². The minimum Gasteiger partial charge on any atom is -0.547 e. The number of carboxylic acid groups (broad SMARTS) is 10. The van der Waals surface area contributed by atoms with Gasteiger partial charge in [-0.2, -0.15) is 0 Å². The average Bonchev–Trinajstić information content (AvgIpc) is 0.955. The van der Waals surface area contributed by atoms with E-state index in [0.29, 0.717) is 0 Å². The Labute approximate surface area is 781 Å². The van der Waals surface area contributed by atoms with E-state index >= 15 is 0 Å². The predicted molar refractivity (Wildman–Crippen MR) is 351 cm³/mol. The summed E-state index contributed by atoms with van der Waals surface area (Å²) in [5, 5.41) is 448. The van der Waals surface area contributed by atoms with Gasteiger partial charge in [-0.1, -0.05) is 0 Å². The zero-order chi connectivity index (χ0) is 106. The maximum Gasteiger partial charge on any atom is 2.00 e. The maximum absolute atomic E-state index is 9.95. The Balaban J connectivity index is -0.000000121. The van der Waals surface area contributed by atoms with Gasteiger partial charge in [0, 0.05) is 0 Å². The van der Waals surface area contributed by atoms with Crippen LogP contribution < -0.4 is 102 Å². The van der Waals surface area contributed by atoms with Gasteiger partial charge in [0.05, 0.1) is 59.7 Å². The number of carboxylic acids is 10. The summed E-state index contributed by atoms with van der Waals surface area (Å²) in [7, 11) is 0. The number of hydrogen-bond donors (Lipinski definition) is 40. The topological polar surface area (TPSA) is 1380 Å². The molecule has 0 heterocycles. The quantitative estimate of drug-likeness (QED) is 0.0199. The first kappa shape index (κ1) is 149. The fraction of sp³-hybridized carbons (Fsp3) is 0.667. The van der Waals surface area contributed by atoms with Crippen LogP contribution in [0, 0.1) is 0 Å². The molecule has 0 saturated heterocycles. The van der Waals surface area contributed by atoms with Gasteiger partial charge in [0.2, 0.25) is 0 Å². The molecule has 0 aliphatic heterocycles. The number of hydrogen-bond acceptors (Lipinski definition) is 70. The Hall–Kier alpha value is -8.07. The van der Waals surface area contributed by atoms with Crippen LogP contribution in [0.3, 0.4) is 0 Å². The number of carbonyl (C=O) groups is 20. The van der Waals surface area contributed by atoms with E-state index in [1.165, 1.54) is 0 Å². The first-order valence-corrected chi connectivity index (χ1v) is 33.0. The summed E-state index contributed by atoms with van der Waals surface area (Å²) in [6.07, 6.45) is -86.5. The molecule has 0 spiro atoms. The number of aliphatic hydroxyl groups is 40. The van der Waals surface area contributed by atoms with E-state index in [1.54, 1.807) is 0 Å². The van der Waals surface area contributed by atoms with Gasteiger partial charge in [0.15, 0.2) is 62.9 Å². The van der Waals surface area contributed by atoms with Crippen LogP contribution in [0.4, 0.5) is 0 Å². The molecule has 0 unspecified atom stereocenters. The number of aldehydes is 10. The largest absolute Gasteiger partial charge is 2.00 e. The summed E-state index contributed by atoms with van der Waals surface area (Å²) in [5.74, 6) is -20.1. The maximum atomic E-state index is 9.95. The fourth-order valence-corrected chi connectivity index (χ4v) is 6.09. The minimum atomic E-state index is -2.36. The zero-order valence-electron chi connectivity index (χ0n) is 65.3. The zero-order valence-corrected chi connectivity index (χ0v) is 69.4. The second-order valence-corrected chi connectivity index (χ2v) is 23.7. The van der Waals surface area contributed by atoms with Gasteiger partial charge in [0.1, 0.15) is 244 Å². The van der Waals surface area contributed by atoms with Crippen molar-refractivity contribution in [3.63, 3.8) is 0 Å². The minimum absolute atomic E-state index is 0. The Morgan fingerprint density at radius 3 is 0.205 bits per heavy atom. The normalized spacial score (nSPS) is 19.7. The molecule has 0 saturated carbocycles. The van der Waals surface area contributed by atoms with Crippen molar-refractivity contribution in [2.45, 2.75) is 244 Å². The second-order valence-electron chi connectivity index (χ2n) is 23.7.